The van der Waals surface area contributed by atoms with Crippen LogP contribution in [0.15, 0.2) is 0 Å². The van der Waals surface area contributed by atoms with Gasteiger partial charge in [-0.2, -0.15) is 0 Å². The Bertz CT molecular complexity index is 316. The van der Waals surface area contributed by atoms with Gasteiger partial charge in [0, 0.05) is 19.6 Å². The van der Waals surface area contributed by atoms with Crippen molar-refractivity contribution in [2.45, 2.75) is 71.7 Å². The van der Waals surface area contributed by atoms with Gasteiger partial charge in [-0.3, -0.25) is 4.90 Å². The Kier molecular flexibility index (Phi) is 5.14. The summed E-state index contributed by atoms with van der Waals surface area (Å²) in [5.41, 5.74) is -0.0608. The first-order valence-corrected chi connectivity index (χ1v) is 8.35. The highest BCUT2D eigenvalue weighted by Gasteiger charge is 2.36. The maximum absolute atomic E-state index is 10.3. The Labute approximate surface area is 124 Å². The molecule has 1 aliphatic heterocycles. The monoisotopic (exact) mass is 283 g/mol. The summed E-state index contributed by atoms with van der Waals surface area (Å²) in [5.74, 6) is 1.97. The van der Waals surface area contributed by atoms with Crippen molar-refractivity contribution < 1.29 is 9.84 Å². The Balaban J connectivity index is 1.93. The van der Waals surface area contributed by atoms with Gasteiger partial charge in [-0.05, 0) is 57.8 Å². The third kappa shape index (κ3) is 4.19. The molecule has 2 aliphatic rings. The van der Waals surface area contributed by atoms with E-state index in [1.807, 2.05) is 0 Å². The fraction of sp³-hybridized carbons (Fsp3) is 1.00. The molecule has 0 amide bonds. The topological polar surface area (TPSA) is 32.7 Å². The predicted octanol–water partition coefficient (Wildman–Crippen LogP) is 2.92. The van der Waals surface area contributed by atoms with E-state index >= 15 is 0 Å². The van der Waals surface area contributed by atoms with Crippen LogP contribution >= 0.6 is 0 Å². The van der Waals surface area contributed by atoms with Crippen molar-refractivity contribution in [3.8, 4) is 0 Å². The molecule has 1 heterocycles. The molecule has 0 aromatic rings. The molecule has 1 aliphatic carbocycles. The molecule has 2 fully saturated rings. The molecule has 3 heteroatoms. The smallest absolute Gasteiger partial charge is 0.0757 e. The fourth-order valence-corrected chi connectivity index (χ4v) is 4.14. The zero-order valence-corrected chi connectivity index (χ0v) is 13.9. The van der Waals surface area contributed by atoms with Crippen molar-refractivity contribution in [1.82, 2.24) is 4.90 Å². The highest BCUT2D eigenvalue weighted by molar-refractivity contribution is 4.87. The van der Waals surface area contributed by atoms with E-state index in [-0.39, 0.29) is 11.7 Å². The van der Waals surface area contributed by atoms with Crippen LogP contribution in [-0.4, -0.2) is 47.4 Å². The molecule has 0 radical (unpaired) electrons. The van der Waals surface area contributed by atoms with Crippen LogP contribution in [0.25, 0.3) is 0 Å². The summed E-state index contributed by atoms with van der Waals surface area (Å²) in [6, 6.07) is 0. The summed E-state index contributed by atoms with van der Waals surface area (Å²) < 4.78 is 5.98. The standard InChI is InChI=1S/C17H33NO2/c1-12(2)14-6-7-16(19)15(8-14)10-18-9-13(3)20-17(4,5)11-18/h12-16,19H,6-11H2,1-5H3. The summed E-state index contributed by atoms with van der Waals surface area (Å²) in [6.45, 7) is 14.1. The molecule has 4 unspecified atom stereocenters. The van der Waals surface area contributed by atoms with Crippen LogP contribution in [0.1, 0.15) is 53.9 Å². The van der Waals surface area contributed by atoms with Crippen LogP contribution in [0.5, 0.6) is 0 Å². The van der Waals surface area contributed by atoms with E-state index in [1.54, 1.807) is 0 Å². The highest BCUT2D eigenvalue weighted by Crippen LogP contribution is 2.35. The van der Waals surface area contributed by atoms with E-state index in [0.717, 1.165) is 37.9 Å². The van der Waals surface area contributed by atoms with Crippen LogP contribution in [0.3, 0.4) is 0 Å². The first-order valence-electron chi connectivity index (χ1n) is 8.35. The number of morpholine rings is 1. The second kappa shape index (κ2) is 6.33. The van der Waals surface area contributed by atoms with Gasteiger partial charge in [-0.15, -0.1) is 0 Å². The van der Waals surface area contributed by atoms with E-state index in [4.69, 9.17) is 4.74 Å². The molecule has 4 atom stereocenters. The van der Waals surface area contributed by atoms with Crippen molar-refractivity contribution in [3.05, 3.63) is 0 Å². The average molecular weight is 283 g/mol. The van der Waals surface area contributed by atoms with Gasteiger partial charge in [0.1, 0.15) is 0 Å². The third-order valence-corrected chi connectivity index (χ3v) is 5.06. The Hall–Kier alpha value is -0.120. The average Bonchev–Trinajstić information content (AvgIpc) is 2.28. The molecule has 2 rings (SSSR count). The molecular weight excluding hydrogens is 250 g/mol. The maximum Gasteiger partial charge on any atom is 0.0757 e. The molecule has 0 aromatic carbocycles. The van der Waals surface area contributed by atoms with Gasteiger partial charge < -0.3 is 9.84 Å². The van der Waals surface area contributed by atoms with Gasteiger partial charge in [0.05, 0.1) is 17.8 Å². The number of aliphatic hydroxyl groups excluding tert-OH is 1. The number of nitrogens with zero attached hydrogens (tertiary/aromatic N) is 1. The lowest BCUT2D eigenvalue weighted by molar-refractivity contribution is -0.135. The van der Waals surface area contributed by atoms with Crippen LogP contribution in [0.2, 0.25) is 0 Å². The van der Waals surface area contributed by atoms with Gasteiger partial charge in [-0.25, -0.2) is 0 Å². The lowest BCUT2D eigenvalue weighted by atomic mass is 9.74. The van der Waals surface area contributed by atoms with Crippen molar-refractivity contribution in [2.75, 3.05) is 19.6 Å². The highest BCUT2D eigenvalue weighted by atomic mass is 16.5. The van der Waals surface area contributed by atoms with Gasteiger partial charge in [0.15, 0.2) is 0 Å². The van der Waals surface area contributed by atoms with Crippen LogP contribution < -0.4 is 0 Å². The molecule has 1 saturated heterocycles. The number of hydrogen-bond donors (Lipinski definition) is 1. The summed E-state index contributed by atoms with van der Waals surface area (Å²) in [6.07, 6.45) is 3.55. The Morgan fingerprint density at radius 3 is 2.60 bits per heavy atom. The minimum absolute atomic E-state index is 0.0608. The number of ether oxygens (including phenoxy) is 1. The third-order valence-electron chi connectivity index (χ3n) is 5.06. The van der Waals surface area contributed by atoms with Crippen LogP contribution in [0.4, 0.5) is 0 Å². The quantitative estimate of drug-likeness (QED) is 0.864. The molecule has 1 saturated carbocycles. The zero-order valence-electron chi connectivity index (χ0n) is 13.9. The molecule has 0 aromatic heterocycles. The molecule has 0 spiro atoms. The molecule has 118 valence electrons. The van der Waals surface area contributed by atoms with Crippen molar-refractivity contribution in [3.63, 3.8) is 0 Å². The summed E-state index contributed by atoms with van der Waals surface area (Å²) in [4.78, 5) is 2.50. The number of rotatable bonds is 3. The summed E-state index contributed by atoms with van der Waals surface area (Å²) in [7, 11) is 0. The second-order valence-electron chi connectivity index (χ2n) is 8.03. The SMILES string of the molecule is CC1CN(CC2CC(C(C)C)CCC2O)CC(C)(C)O1. The largest absolute Gasteiger partial charge is 0.393 e. The first-order chi connectivity index (χ1) is 9.27. The van der Waals surface area contributed by atoms with Gasteiger partial charge >= 0.3 is 0 Å². The molecule has 1 N–H and O–H groups in total. The second-order valence-corrected chi connectivity index (χ2v) is 8.03. The molecular formula is C17H33NO2. The minimum atomic E-state index is -0.105. The van der Waals surface area contributed by atoms with E-state index < -0.39 is 0 Å². The first kappa shape index (κ1) is 16.3. The van der Waals surface area contributed by atoms with Crippen molar-refractivity contribution in [1.29, 1.82) is 0 Å². The van der Waals surface area contributed by atoms with Gasteiger partial charge in [0.25, 0.3) is 0 Å². The van der Waals surface area contributed by atoms with Crippen LogP contribution in [0, 0.1) is 17.8 Å². The van der Waals surface area contributed by atoms with E-state index in [1.165, 1.54) is 12.8 Å². The fourth-order valence-electron chi connectivity index (χ4n) is 4.14. The molecule has 20 heavy (non-hydrogen) atoms. The Morgan fingerprint density at radius 1 is 1.30 bits per heavy atom. The molecule has 3 nitrogen and oxygen atoms in total. The van der Waals surface area contributed by atoms with E-state index in [2.05, 4.69) is 39.5 Å². The predicted molar refractivity (Wildman–Crippen MR) is 82.7 cm³/mol. The van der Waals surface area contributed by atoms with Crippen LogP contribution in [-0.2, 0) is 4.74 Å². The van der Waals surface area contributed by atoms with Gasteiger partial charge in [0.2, 0.25) is 0 Å². The zero-order chi connectivity index (χ0) is 14.9. The van der Waals surface area contributed by atoms with Crippen molar-refractivity contribution >= 4 is 0 Å². The summed E-state index contributed by atoms with van der Waals surface area (Å²) >= 11 is 0. The normalized spacial score (nSPS) is 39.1. The number of aliphatic hydroxyl groups is 1. The Morgan fingerprint density at radius 2 is 2.00 bits per heavy atom. The number of hydrogen-bond acceptors (Lipinski definition) is 3. The van der Waals surface area contributed by atoms with E-state index in [9.17, 15) is 5.11 Å². The minimum Gasteiger partial charge on any atom is -0.393 e. The molecule has 0 bridgehead atoms. The van der Waals surface area contributed by atoms with Gasteiger partial charge in [-0.1, -0.05) is 13.8 Å². The van der Waals surface area contributed by atoms with E-state index in [0.29, 0.717) is 12.0 Å². The maximum atomic E-state index is 10.3. The van der Waals surface area contributed by atoms with Crippen molar-refractivity contribution in [2.24, 2.45) is 17.8 Å². The lowest BCUT2D eigenvalue weighted by Crippen LogP contribution is -2.54. The summed E-state index contributed by atoms with van der Waals surface area (Å²) in [5, 5.41) is 10.3. The lowest BCUT2D eigenvalue weighted by Gasteiger charge is -2.45.